The molecule has 3 heteroatoms. The molecule has 1 atom stereocenters. The number of hydrogen-bond donors (Lipinski definition) is 0. The lowest BCUT2D eigenvalue weighted by Gasteiger charge is -2.19. The van der Waals surface area contributed by atoms with Crippen LogP contribution >= 0.6 is 11.6 Å². The molecular formula is C18H19ClO2. The van der Waals surface area contributed by atoms with Gasteiger partial charge in [-0.05, 0) is 54.2 Å². The van der Waals surface area contributed by atoms with Crippen LogP contribution in [-0.2, 0) is 12.8 Å². The molecule has 0 bridgehead atoms. The van der Waals surface area contributed by atoms with Crippen molar-refractivity contribution in [3.8, 4) is 11.5 Å². The maximum atomic E-state index is 6.58. The molecule has 0 aliphatic carbocycles. The number of halogens is 1. The number of alkyl halides is 1. The Morgan fingerprint density at radius 1 is 1.19 bits per heavy atom. The molecule has 0 radical (unpaired) electrons. The van der Waals surface area contributed by atoms with Crippen LogP contribution in [0.2, 0.25) is 0 Å². The second-order valence-electron chi connectivity index (χ2n) is 5.34. The molecule has 3 rings (SSSR count). The van der Waals surface area contributed by atoms with E-state index in [1.165, 1.54) is 11.1 Å². The number of fused-ring (bicyclic) bond motifs is 1. The Kier molecular flexibility index (Phi) is 4.35. The first-order valence-corrected chi connectivity index (χ1v) is 7.72. The monoisotopic (exact) mass is 302 g/mol. The van der Waals surface area contributed by atoms with Gasteiger partial charge in [-0.2, -0.15) is 0 Å². The fourth-order valence-corrected chi connectivity index (χ4v) is 2.98. The molecule has 1 unspecified atom stereocenters. The average Bonchev–Trinajstić information content (AvgIpc) is 2.55. The van der Waals surface area contributed by atoms with E-state index < -0.39 is 0 Å². The number of benzene rings is 2. The molecule has 0 aromatic heterocycles. The zero-order chi connectivity index (χ0) is 14.7. The molecule has 21 heavy (non-hydrogen) atoms. The van der Waals surface area contributed by atoms with Crippen molar-refractivity contribution in [2.24, 2.45) is 0 Å². The number of aryl methyl sites for hydroxylation is 1. The molecule has 0 fully saturated rings. The van der Waals surface area contributed by atoms with Gasteiger partial charge >= 0.3 is 0 Å². The van der Waals surface area contributed by atoms with Gasteiger partial charge in [0.2, 0.25) is 0 Å². The SMILES string of the molecule is COc1ccc(CC(Cl)c2ccc3c(c2)CCCO3)cc1. The van der Waals surface area contributed by atoms with Crippen molar-refractivity contribution >= 4 is 11.6 Å². The lowest BCUT2D eigenvalue weighted by molar-refractivity contribution is 0.288. The summed E-state index contributed by atoms with van der Waals surface area (Å²) in [5.41, 5.74) is 3.65. The highest BCUT2D eigenvalue weighted by Gasteiger charge is 2.15. The highest BCUT2D eigenvalue weighted by molar-refractivity contribution is 6.20. The fourth-order valence-electron chi connectivity index (χ4n) is 2.66. The van der Waals surface area contributed by atoms with Gasteiger partial charge in [0.05, 0.1) is 19.1 Å². The van der Waals surface area contributed by atoms with E-state index in [1.807, 2.05) is 18.2 Å². The van der Waals surface area contributed by atoms with Crippen molar-refractivity contribution in [1.82, 2.24) is 0 Å². The van der Waals surface area contributed by atoms with Gasteiger partial charge in [0.1, 0.15) is 11.5 Å². The number of rotatable bonds is 4. The normalized spacial score (nSPS) is 15.0. The summed E-state index contributed by atoms with van der Waals surface area (Å²) in [6, 6.07) is 14.4. The first-order valence-electron chi connectivity index (χ1n) is 7.29. The first kappa shape index (κ1) is 14.3. The molecule has 2 nitrogen and oxygen atoms in total. The van der Waals surface area contributed by atoms with Gasteiger partial charge in [-0.15, -0.1) is 11.6 Å². The van der Waals surface area contributed by atoms with E-state index >= 15 is 0 Å². The third-order valence-electron chi connectivity index (χ3n) is 3.87. The van der Waals surface area contributed by atoms with Crippen molar-refractivity contribution < 1.29 is 9.47 Å². The first-order chi connectivity index (χ1) is 10.3. The number of methoxy groups -OCH3 is 1. The summed E-state index contributed by atoms with van der Waals surface area (Å²) in [5, 5.41) is -0.0226. The Morgan fingerprint density at radius 2 is 2.00 bits per heavy atom. The molecule has 0 saturated carbocycles. The van der Waals surface area contributed by atoms with Gasteiger partial charge in [0, 0.05) is 0 Å². The summed E-state index contributed by atoms with van der Waals surface area (Å²) in [4.78, 5) is 0. The van der Waals surface area contributed by atoms with Crippen LogP contribution in [0.5, 0.6) is 11.5 Å². The van der Waals surface area contributed by atoms with Crippen LogP contribution in [0.1, 0.15) is 28.5 Å². The Hall–Kier alpha value is -1.67. The third-order valence-corrected chi connectivity index (χ3v) is 4.27. The summed E-state index contributed by atoms with van der Waals surface area (Å²) >= 11 is 6.58. The highest BCUT2D eigenvalue weighted by atomic mass is 35.5. The Bertz CT molecular complexity index is 607. The topological polar surface area (TPSA) is 18.5 Å². The van der Waals surface area contributed by atoms with E-state index in [9.17, 15) is 0 Å². The summed E-state index contributed by atoms with van der Waals surface area (Å²) in [5.74, 6) is 1.88. The molecule has 1 aliphatic rings. The summed E-state index contributed by atoms with van der Waals surface area (Å²) in [7, 11) is 1.68. The molecule has 0 saturated heterocycles. The van der Waals surface area contributed by atoms with E-state index in [0.29, 0.717) is 0 Å². The third kappa shape index (κ3) is 3.33. The van der Waals surface area contributed by atoms with Crippen LogP contribution in [0.4, 0.5) is 0 Å². The largest absolute Gasteiger partial charge is 0.497 e. The standard InChI is InChI=1S/C18H19ClO2/c1-20-16-7-4-13(5-8-16)11-17(19)14-6-9-18-15(12-14)3-2-10-21-18/h4-9,12,17H,2-3,10-11H2,1H3. The molecule has 0 spiro atoms. The quantitative estimate of drug-likeness (QED) is 0.772. The maximum Gasteiger partial charge on any atom is 0.122 e. The molecule has 2 aromatic carbocycles. The van der Waals surface area contributed by atoms with Crippen LogP contribution in [0, 0.1) is 0 Å². The van der Waals surface area contributed by atoms with Gasteiger partial charge < -0.3 is 9.47 Å². The van der Waals surface area contributed by atoms with E-state index in [2.05, 4.69) is 24.3 Å². The summed E-state index contributed by atoms with van der Waals surface area (Å²) in [6.07, 6.45) is 2.97. The second-order valence-corrected chi connectivity index (χ2v) is 5.87. The zero-order valence-corrected chi connectivity index (χ0v) is 12.9. The van der Waals surface area contributed by atoms with Crippen molar-refractivity contribution in [2.45, 2.75) is 24.6 Å². The second kappa shape index (κ2) is 6.40. The average molecular weight is 303 g/mol. The van der Waals surface area contributed by atoms with Crippen molar-refractivity contribution in [3.05, 3.63) is 59.2 Å². The van der Waals surface area contributed by atoms with E-state index in [4.69, 9.17) is 21.1 Å². The Morgan fingerprint density at radius 3 is 2.76 bits per heavy atom. The van der Waals surface area contributed by atoms with E-state index in [-0.39, 0.29) is 5.38 Å². The molecule has 1 heterocycles. The lowest BCUT2D eigenvalue weighted by Crippen LogP contribution is -2.09. The van der Waals surface area contributed by atoms with Crippen molar-refractivity contribution in [2.75, 3.05) is 13.7 Å². The fraction of sp³-hybridized carbons (Fsp3) is 0.333. The summed E-state index contributed by atoms with van der Waals surface area (Å²) < 4.78 is 10.8. The predicted molar refractivity (Wildman–Crippen MR) is 85.6 cm³/mol. The minimum atomic E-state index is -0.0226. The van der Waals surface area contributed by atoms with Gasteiger partial charge in [-0.3, -0.25) is 0 Å². The highest BCUT2D eigenvalue weighted by Crippen LogP contribution is 2.32. The zero-order valence-electron chi connectivity index (χ0n) is 12.1. The van der Waals surface area contributed by atoms with Gasteiger partial charge in [0.25, 0.3) is 0 Å². The minimum Gasteiger partial charge on any atom is -0.497 e. The van der Waals surface area contributed by atoms with Gasteiger partial charge in [0.15, 0.2) is 0 Å². The van der Waals surface area contributed by atoms with Crippen LogP contribution < -0.4 is 9.47 Å². The predicted octanol–water partition coefficient (Wildman–Crippen LogP) is 4.54. The van der Waals surface area contributed by atoms with Crippen LogP contribution in [0.15, 0.2) is 42.5 Å². The van der Waals surface area contributed by atoms with Crippen molar-refractivity contribution in [1.29, 1.82) is 0 Å². The Balaban J connectivity index is 1.73. The summed E-state index contributed by atoms with van der Waals surface area (Å²) in [6.45, 7) is 0.822. The smallest absolute Gasteiger partial charge is 0.122 e. The molecule has 0 N–H and O–H groups in total. The van der Waals surface area contributed by atoms with Gasteiger partial charge in [-0.25, -0.2) is 0 Å². The molecular weight excluding hydrogens is 284 g/mol. The lowest BCUT2D eigenvalue weighted by atomic mass is 9.98. The van der Waals surface area contributed by atoms with Crippen LogP contribution in [0.3, 0.4) is 0 Å². The molecule has 2 aromatic rings. The maximum absolute atomic E-state index is 6.58. The molecule has 0 amide bonds. The number of hydrogen-bond acceptors (Lipinski definition) is 2. The van der Waals surface area contributed by atoms with Crippen molar-refractivity contribution in [3.63, 3.8) is 0 Å². The Labute approximate surface area is 130 Å². The molecule has 110 valence electrons. The van der Waals surface area contributed by atoms with E-state index in [0.717, 1.165) is 42.9 Å². The van der Waals surface area contributed by atoms with Gasteiger partial charge in [-0.1, -0.05) is 24.3 Å². The molecule has 1 aliphatic heterocycles. The van der Waals surface area contributed by atoms with Crippen LogP contribution in [-0.4, -0.2) is 13.7 Å². The van der Waals surface area contributed by atoms with E-state index in [1.54, 1.807) is 7.11 Å². The van der Waals surface area contributed by atoms with Crippen LogP contribution in [0.25, 0.3) is 0 Å². The minimum absolute atomic E-state index is 0.0226. The number of ether oxygens (including phenoxy) is 2.